The number of nitrogens with two attached hydrogens (primary N) is 1. The smallest absolute Gasteiger partial charge is 0.341 e. The summed E-state index contributed by atoms with van der Waals surface area (Å²) in [5, 5.41) is 0.803. The number of hydrogen-bond donors (Lipinski definition) is 1. The van der Waals surface area contributed by atoms with E-state index in [0.717, 1.165) is 42.4 Å². The molecule has 1 fully saturated rings. The number of amides is 1. The second-order valence-electron chi connectivity index (χ2n) is 7.13. The molecule has 1 aromatic heterocycles. The normalized spacial score (nSPS) is 13.6. The van der Waals surface area contributed by atoms with Crippen LogP contribution in [0.25, 0.3) is 22.0 Å². The maximum absolute atomic E-state index is 12.5. The molecule has 0 bridgehead atoms. The van der Waals surface area contributed by atoms with Crippen LogP contribution < -0.4 is 5.73 Å². The Morgan fingerprint density at radius 3 is 2.41 bits per heavy atom. The lowest BCUT2D eigenvalue weighted by atomic mass is 10.0. The minimum atomic E-state index is -0.477. The molecule has 0 aliphatic carbocycles. The molecule has 29 heavy (non-hydrogen) atoms. The number of esters is 1. The molecule has 1 saturated heterocycles. The molecule has 2 N–H and O–H groups in total. The maximum Gasteiger partial charge on any atom is 0.341 e. The number of hydrogen-bond acceptors (Lipinski definition) is 5. The molecule has 2 aromatic carbocycles. The van der Waals surface area contributed by atoms with Gasteiger partial charge in [-0.25, -0.2) is 9.78 Å². The van der Waals surface area contributed by atoms with Gasteiger partial charge < -0.3 is 15.4 Å². The molecule has 6 heteroatoms. The first kappa shape index (κ1) is 18.9. The van der Waals surface area contributed by atoms with Gasteiger partial charge in [-0.3, -0.25) is 4.79 Å². The van der Waals surface area contributed by atoms with E-state index in [9.17, 15) is 9.59 Å². The number of fused-ring (bicyclic) bond motifs is 1. The lowest BCUT2D eigenvalue weighted by Gasteiger charge is -2.15. The second-order valence-corrected chi connectivity index (χ2v) is 7.13. The van der Waals surface area contributed by atoms with Crippen LogP contribution in [-0.2, 0) is 4.74 Å². The van der Waals surface area contributed by atoms with Gasteiger partial charge in [-0.2, -0.15) is 0 Å². The van der Waals surface area contributed by atoms with Crippen LogP contribution >= 0.6 is 0 Å². The molecule has 0 unspecified atom stereocenters. The minimum Gasteiger partial charge on any atom is -0.462 e. The summed E-state index contributed by atoms with van der Waals surface area (Å²) in [7, 11) is 0. The molecule has 0 radical (unpaired) electrons. The van der Waals surface area contributed by atoms with E-state index in [1.54, 1.807) is 13.0 Å². The number of ether oxygens (including phenoxy) is 1. The van der Waals surface area contributed by atoms with E-state index in [1.807, 2.05) is 47.4 Å². The van der Waals surface area contributed by atoms with E-state index in [-0.39, 0.29) is 23.9 Å². The quantitative estimate of drug-likeness (QED) is 0.684. The van der Waals surface area contributed by atoms with E-state index in [2.05, 4.69) is 4.98 Å². The van der Waals surface area contributed by atoms with Gasteiger partial charge in [-0.05, 0) is 61.2 Å². The average Bonchev–Trinajstić information content (AvgIpc) is 3.27. The van der Waals surface area contributed by atoms with E-state index in [0.29, 0.717) is 11.1 Å². The summed E-state index contributed by atoms with van der Waals surface area (Å²) in [5.41, 5.74) is 9.55. The zero-order chi connectivity index (χ0) is 20.4. The molecule has 0 saturated carbocycles. The third-order valence-corrected chi connectivity index (χ3v) is 5.20. The summed E-state index contributed by atoms with van der Waals surface area (Å²) in [6.45, 7) is 3.70. The van der Waals surface area contributed by atoms with Crippen molar-refractivity contribution in [3.63, 3.8) is 0 Å². The molecular weight excluding hydrogens is 366 g/mol. The highest BCUT2D eigenvalue weighted by Gasteiger charge is 2.19. The number of carbonyl (C=O) groups is 2. The zero-order valence-corrected chi connectivity index (χ0v) is 16.4. The first-order valence-electron chi connectivity index (χ1n) is 9.84. The number of anilines is 1. The van der Waals surface area contributed by atoms with Gasteiger partial charge in [0.15, 0.2) is 0 Å². The third kappa shape index (κ3) is 3.78. The highest BCUT2D eigenvalue weighted by molar-refractivity contribution is 5.99. The number of benzene rings is 2. The molecule has 0 atom stereocenters. The van der Waals surface area contributed by atoms with Crippen molar-refractivity contribution in [1.29, 1.82) is 0 Å². The van der Waals surface area contributed by atoms with Gasteiger partial charge in [0.05, 0.1) is 12.1 Å². The van der Waals surface area contributed by atoms with Gasteiger partial charge in [-0.15, -0.1) is 0 Å². The van der Waals surface area contributed by atoms with E-state index < -0.39 is 5.97 Å². The minimum absolute atomic E-state index is 0.0892. The fourth-order valence-corrected chi connectivity index (χ4v) is 3.65. The molecule has 3 aromatic rings. The van der Waals surface area contributed by atoms with E-state index in [1.165, 1.54) is 0 Å². The molecule has 4 rings (SSSR count). The molecule has 1 amide bonds. The molecule has 1 aliphatic heterocycles. The summed E-state index contributed by atoms with van der Waals surface area (Å²) in [4.78, 5) is 30.8. The van der Waals surface area contributed by atoms with Crippen molar-refractivity contribution in [2.75, 3.05) is 25.4 Å². The van der Waals surface area contributed by atoms with Gasteiger partial charge in [-0.1, -0.05) is 18.2 Å². The monoisotopic (exact) mass is 389 g/mol. The fourth-order valence-electron chi connectivity index (χ4n) is 3.65. The number of aromatic nitrogens is 1. The van der Waals surface area contributed by atoms with Gasteiger partial charge in [0, 0.05) is 24.0 Å². The second kappa shape index (κ2) is 7.91. The van der Waals surface area contributed by atoms with Crippen molar-refractivity contribution in [1.82, 2.24) is 9.88 Å². The van der Waals surface area contributed by atoms with Gasteiger partial charge in [0.2, 0.25) is 0 Å². The fraction of sp³-hybridized carbons (Fsp3) is 0.261. The summed E-state index contributed by atoms with van der Waals surface area (Å²) in [5.74, 6) is -0.227. The standard InChI is InChI=1S/C23H23N3O3/c1-2-29-23(28)19-14-18-13-17(9-10-20(18)25-21(19)24)15-5-7-16(8-6-15)22(27)26-11-3-4-12-26/h5-10,13-14H,2-4,11-12H2,1H3,(H2,24,25). The Labute approximate surface area is 169 Å². The Morgan fingerprint density at radius 1 is 1.03 bits per heavy atom. The SMILES string of the molecule is CCOC(=O)c1cc2cc(-c3ccc(C(=O)N4CCCC4)cc3)ccc2nc1N. The van der Waals surface area contributed by atoms with Crippen LogP contribution in [0, 0.1) is 0 Å². The van der Waals surface area contributed by atoms with Gasteiger partial charge >= 0.3 is 5.97 Å². The van der Waals surface area contributed by atoms with Crippen molar-refractivity contribution in [2.45, 2.75) is 19.8 Å². The summed E-state index contributed by atoms with van der Waals surface area (Å²) in [6, 6.07) is 15.1. The molecule has 2 heterocycles. The van der Waals surface area contributed by atoms with Crippen LogP contribution in [0.2, 0.25) is 0 Å². The number of nitrogen functional groups attached to an aromatic ring is 1. The van der Waals surface area contributed by atoms with Crippen molar-refractivity contribution < 1.29 is 14.3 Å². The van der Waals surface area contributed by atoms with Crippen molar-refractivity contribution in [2.24, 2.45) is 0 Å². The molecule has 0 spiro atoms. The number of rotatable bonds is 4. The number of nitrogens with zero attached hydrogens (tertiary/aromatic N) is 2. The van der Waals surface area contributed by atoms with Crippen molar-refractivity contribution >= 4 is 28.6 Å². The lowest BCUT2D eigenvalue weighted by molar-refractivity contribution is 0.0527. The number of pyridine rings is 1. The third-order valence-electron chi connectivity index (χ3n) is 5.20. The summed E-state index contributed by atoms with van der Waals surface area (Å²) < 4.78 is 5.06. The first-order valence-corrected chi connectivity index (χ1v) is 9.84. The number of carbonyl (C=O) groups excluding carboxylic acids is 2. The van der Waals surface area contributed by atoms with Crippen LogP contribution in [0.4, 0.5) is 5.82 Å². The summed E-state index contributed by atoms with van der Waals surface area (Å²) in [6.07, 6.45) is 2.15. The van der Waals surface area contributed by atoms with Crippen LogP contribution in [-0.4, -0.2) is 41.5 Å². The predicted octanol–water partition coefficient (Wildman–Crippen LogP) is 3.90. The van der Waals surface area contributed by atoms with Gasteiger partial charge in [0.25, 0.3) is 5.91 Å². The van der Waals surface area contributed by atoms with E-state index in [4.69, 9.17) is 10.5 Å². The van der Waals surface area contributed by atoms with Crippen molar-refractivity contribution in [3.8, 4) is 11.1 Å². The van der Waals surface area contributed by atoms with Gasteiger partial charge in [0.1, 0.15) is 11.4 Å². The maximum atomic E-state index is 12.5. The van der Waals surface area contributed by atoms with Crippen LogP contribution in [0.15, 0.2) is 48.5 Å². The van der Waals surface area contributed by atoms with Crippen molar-refractivity contribution in [3.05, 3.63) is 59.7 Å². The molecular formula is C23H23N3O3. The van der Waals surface area contributed by atoms with Crippen LogP contribution in [0.1, 0.15) is 40.5 Å². The van der Waals surface area contributed by atoms with Crippen LogP contribution in [0.3, 0.4) is 0 Å². The molecule has 6 nitrogen and oxygen atoms in total. The summed E-state index contributed by atoms with van der Waals surface area (Å²) >= 11 is 0. The van der Waals surface area contributed by atoms with Crippen LogP contribution in [0.5, 0.6) is 0 Å². The number of likely N-dealkylation sites (tertiary alicyclic amines) is 1. The largest absolute Gasteiger partial charge is 0.462 e. The first-order chi connectivity index (χ1) is 14.1. The van der Waals surface area contributed by atoms with E-state index >= 15 is 0 Å². The molecule has 148 valence electrons. The Balaban J connectivity index is 1.64. The predicted molar refractivity (Wildman–Crippen MR) is 113 cm³/mol. The highest BCUT2D eigenvalue weighted by Crippen LogP contribution is 2.27. The zero-order valence-electron chi connectivity index (χ0n) is 16.4. The Hall–Kier alpha value is -3.41. The highest BCUT2D eigenvalue weighted by atomic mass is 16.5. The lowest BCUT2D eigenvalue weighted by Crippen LogP contribution is -2.27. The topological polar surface area (TPSA) is 85.5 Å². The Morgan fingerprint density at radius 2 is 1.72 bits per heavy atom. The Bertz CT molecular complexity index is 1070. The average molecular weight is 389 g/mol. The Kier molecular flexibility index (Phi) is 5.16. The molecule has 1 aliphatic rings.